The molecule has 1 amide bonds. The zero-order chi connectivity index (χ0) is 20.4. The van der Waals surface area contributed by atoms with Crippen LogP contribution in [-0.2, 0) is 0 Å². The molecule has 0 unspecified atom stereocenters. The quantitative estimate of drug-likeness (QED) is 0.460. The smallest absolute Gasteiger partial charge is 0.254 e. The average molecular weight is 409 g/mol. The van der Waals surface area contributed by atoms with Gasteiger partial charge in [0.25, 0.3) is 5.91 Å². The first-order chi connectivity index (χ1) is 14.1. The highest BCUT2D eigenvalue weighted by Gasteiger charge is 2.19. The third kappa shape index (κ3) is 3.75. The molecular weight excluding hydrogens is 389 g/mol. The van der Waals surface area contributed by atoms with Gasteiger partial charge in [-0.25, -0.2) is 9.07 Å². The number of fused-ring (bicyclic) bond motifs is 1. The van der Waals surface area contributed by atoms with E-state index in [2.05, 4.69) is 20.4 Å². The molecule has 8 heteroatoms. The summed E-state index contributed by atoms with van der Waals surface area (Å²) in [5, 5.41) is 9.21. The maximum atomic E-state index is 13.2. The Hall–Kier alpha value is -3.13. The lowest BCUT2D eigenvalue weighted by molar-refractivity contribution is 0.0937. The molecule has 1 aromatic carbocycles. The number of carbonyl (C=O) groups is 1. The van der Waals surface area contributed by atoms with E-state index in [1.54, 1.807) is 47.2 Å². The molecular formula is C21H20FN5OS. The molecule has 0 aliphatic carbocycles. The lowest BCUT2D eigenvalue weighted by atomic mass is 10.1. The van der Waals surface area contributed by atoms with Crippen molar-refractivity contribution in [1.29, 1.82) is 0 Å². The van der Waals surface area contributed by atoms with Gasteiger partial charge in [-0.3, -0.25) is 9.78 Å². The van der Waals surface area contributed by atoms with Gasteiger partial charge in [-0.15, -0.1) is 11.8 Å². The molecule has 6 nitrogen and oxygen atoms in total. The Labute approximate surface area is 171 Å². The zero-order valence-electron chi connectivity index (χ0n) is 16.0. The highest BCUT2D eigenvalue weighted by Crippen LogP contribution is 2.24. The monoisotopic (exact) mass is 409 g/mol. The number of nitrogens with zero attached hydrogens (tertiary/aromatic N) is 3. The van der Waals surface area contributed by atoms with Crippen molar-refractivity contribution in [2.45, 2.75) is 24.4 Å². The zero-order valence-corrected chi connectivity index (χ0v) is 16.8. The second-order valence-corrected chi connectivity index (χ2v) is 7.44. The van der Waals surface area contributed by atoms with Gasteiger partial charge < -0.3 is 10.3 Å². The van der Waals surface area contributed by atoms with Crippen LogP contribution in [-0.4, -0.2) is 31.9 Å². The van der Waals surface area contributed by atoms with Crippen LogP contribution in [0.15, 0.2) is 60.1 Å². The van der Waals surface area contributed by atoms with E-state index in [9.17, 15) is 9.18 Å². The van der Waals surface area contributed by atoms with Crippen molar-refractivity contribution in [3.05, 3.63) is 72.1 Å². The first-order valence-electron chi connectivity index (χ1n) is 9.21. The van der Waals surface area contributed by atoms with Crippen molar-refractivity contribution in [2.24, 2.45) is 0 Å². The van der Waals surface area contributed by atoms with Crippen LogP contribution < -0.4 is 5.32 Å². The van der Waals surface area contributed by atoms with E-state index in [-0.39, 0.29) is 17.8 Å². The fraction of sp³-hybridized carbons (Fsp3) is 0.190. The molecule has 29 heavy (non-hydrogen) atoms. The van der Waals surface area contributed by atoms with E-state index in [1.807, 2.05) is 25.4 Å². The number of rotatable bonds is 6. The van der Waals surface area contributed by atoms with Gasteiger partial charge in [-0.2, -0.15) is 5.10 Å². The number of hydrogen-bond donors (Lipinski definition) is 2. The third-order valence-corrected chi connectivity index (χ3v) is 5.50. The SMILES string of the molecule is CC[C@H](NC(=O)c1cncc2c1cnn2-c1ccc(F)cc1)c1c[nH]c(SC)c1. The second-order valence-electron chi connectivity index (χ2n) is 6.59. The molecule has 0 bridgehead atoms. The maximum absolute atomic E-state index is 13.2. The van der Waals surface area contributed by atoms with Crippen molar-refractivity contribution in [3.8, 4) is 5.69 Å². The van der Waals surface area contributed by atoms with Gasteiger partial charge in [-0.1, -0.05) is 6.92 Å². The highest BCUT2D eigenvalue weighted by atomic mass is 32.2. The van der Waals surface area contributed by atoms with Crippen molar-refractivity contribution in [3.63, 3.8) is 0 Å². The molecule has 4 rings (SSSR count). The predicted octanol–water partition coefficient (Wildman–Crippen LogP) is 4.49. The fourth-order valence-electron chi connectivity index (χ4n) is 3.28. The molecule has 1 atom stereocenters. The number of hydrogen-bond acceptors (Lipinski definition) is 4. The molecule has 4 aromatic rings. The van der Waals surface area contributed by atoms with E-state index >= 15 is 0 Å². The molecule has 148 valence electrons. The number of halogens is 1. The first kappa shape index (κ1) is 19.2. The van der Waals surface area contributed by atoms with Gasteiger partial charge in [0.2, 0.25) is 0 Å². The van der Waals surface area contributed by atoms with Crippen LogP contribution in [0.5, 0.6) is 0 Å². The molecule has 0 saturated carbocycles. The summed E-state index contributed by atoms with van der Waals surface area (Å²) >= 11 is 1.62. The van der Waals surface area contributed by atoms with Crippen LogP contribution in [0, 0.1) is 5.82 Å². The third-order valence-electron chi connectivity index (χ3n) is 4.83. The lowest BCUT2D eigenvalue weighted by Gasteiger charge is -2.16. The van der Waals surface area contributed by atoms with Crippen LogP contribution in [0.1, 0.15) is 35.3 Å². The Bertz CT molecular complexity index is 1150. The second kappa shape index (κ2) is 8.08. The number of pyridine rings is 1. The van der Waals surface area contributed by atoms with Gasteiger partial charge in [0.1, 0.15) is 5.82 Å². The number of carbonyl (C=O) groups excluding carboxylic acids is 1. The van der Waals surface area contributed by atoms with Gasteiger partial charge in [0.05, 0.1) is 40.2 Å². The summed E-state index contributed by atoms with van der Waals surface area (Å²) in [5.74, 6) is -0.524. The Kier molecular flexibility index (Phi) is 5.35. The summed E-state index contributed by atoms with van der Waals surface area (Å²) in [6.07, 6.45) is 9.52. The number of thioether (sulfide) groups is 1. The van der Waals surface area contributed by atoms with Crippen LogP contribution in [0.4, 0.5) is 4.39 Å². The molecule has 0 fully saturated rings. The summed E-state index contributed by atoms with van der Waals surface area (Å²) in [6.45, 7) is 2.03. The first-order valence-corrected chi connectivity index (χ1v) is 10.4. The van der Waals surface area contributed by atoms with Crippen LogP contribution in [0.3, 0.4) is 0 Å². The Morgan fingerprint density at radius 1 is 1.28 bits per heavy atom. The minimum absolute atomic E-state index is 0.109. The largest absolute Gasteiger partial charge is 0.356 e. The number of aromatic amines is 1. The summed E-state index contributed by atoms with van der Waals surface area (Å²) < 4.78 is 14.9. The number of H-pyrrole nitrogens is 1. The van der Waals surface area contributed by atoms with Gasteiger partial charge in [0, 0.05) is 17.8 Å². The molecule has 0 radical (unpaired) electrons. The number of benzene rings is 1. The predicted molar refractivity (Wildman–Crippen MR) is 112 cm³/mol. The van der Waals surface area contributed by atoms with E-state index in [0.717, 1.165) is 17.0 Å². The molecule has 0 spiro atoms. The van der Waals surface area contributed by atoms with Gasteiger partial charge >= 0.3 is 0 Å². The Balaban J connectivity index is 1.65. The topological polar surface area (TPSA) is 75.6 Å². The lowest BCUT2D eigenvalue weighted by Crippen LogP contribution is -2.28. The minimum Gasteiger partial charge on any atom is -0.356 e. The summed E-state index contributed by atoms with van der Waals surface area (Å²) in [7, 11) is 0. The van der Waals surface area contributed by atoms with Crippen LogP contribution in [0.25, 0.3) is 16.6 Å². The van der Waals surface area contributed by atoms with Crippen molar-refractivity contribution >= 4 is 28.6 Å². The van der Waals surface area contributed by atoms with Crippen LogP contribution in [0.2, 0.25) is 0 Å². The summed E-state index contributed by atoms with van der Waals surface area (Å²) in [4.78, 5) is 20.4. The maximum Gasteiger partial charge on any atom is 0.254 e. The molecule has 0 aliphatic heterocycles. The molecule has 0 saturated heterocycles. The number of aromatic nitrogens is 4. The van der Waals surface area contributed by atoms with Gasteiger partial charge in [0.15, 0.2) is 0 Å². The summed E-state index contributed by atoms with van der Waals surface area (Å²) in [5.41, 5.74) is 2.87. The molecule has 2 N–H and O–H groups in total. The number of amides is 1. The minimum atomic E-state index is -0.316. The van der Waals surface area contributed by atoms with E-state index in [4.69, 9.17) is 0 Å². The Morgan fingerprint density at radius 2 is 2.07 bits per heavy atom. The summed E-state index contributed by atoms with van der Waals surface area (Å²) in [6, 6.07) is 7.96. The average Bonchev–Trinajstić information content (AvgIpc) is 3.39. The van der Waals surface area contributed by atoms with E-state index in [0.29, 0.717) is 22.2 Å². The molecule has 3 aromatic heterocycles. The standard InChI is InChI=1S/C21H20FN5OS/c1-3-18(13-8-20(29-2)24-9-13)26-21(28)17-10-23-12-19-16(17)11-25-27(19)15-6-4-14(22)5-7-15/h4-12,18,24H,3H2,1-2H3,(H,26,28)/t18-/m0/s1. The van der Waals surface area contributed by atoms with Crippen molar-refractivity contribution < 1.29 is 9.18 Å². The van der Waals surface area contributed by atoms with E-state index in [1.165, 1.54) is 12.1 Å². The van der Waals surface area contributed by atoms with Crippen LogP contribution >= 0.6 is 11.8 Å². The van der Waals surface area contributed by atoms with Crippen molar-refractivity contribution in [2.75, 3.05) is 6.26 Å². The normalized spacial score (nSPS) is 12.2. The molecule has 0 aliphatic rings. The molecule has 3 heterocycles. The fourth-order valence-corrected chi connectivity index (χ4v) is 3.71. The van der Waals surface area contributed by atoms with Gasteiger partial charge in [-0.05, 0) is 48.6 Å². The van der Waals surface area contributed by atoms with Crippen molar-refractivity contribution in [1.82, 2.24) is 25.1 Å². The number of nitrogens with one attached hydrogen (secondary N) is 2. The van der Waals surface area contributed by atoms with E-state index < -0.39 is 0 Å². The highest BCUT2D eigenvalue weighted by molar-refractivity contribution is 7.98. The Morgan fingerprint density at radius 3 is 2.76 bits per heavy atom.